The molecule has 1 amide bonds. The van der Waals surface area contributed by atoms with Gasteiger partial charge in [-0.15, -0.1) is 10.2 Å². The fraction of sp³-hybridized carbons (Fsp3) is 0.167. The third-order valence-corrected chi connectivity index (χ3v) is 4.23. The molecule has 0 unspecified atom stereocenters. The second-order valence-corrected chi connectivity index (χ2v) is 6.17. The molecule has 0 radical (unpaired) electrons. The van der Waals surface area contributed by atoms with Crippen LogP contribution in [0.25, 0.3) is 10.6 Å². The van der Waals surface area contributed by atoms with Gasteiger partial charge in [-0.1, -0.05) is 29.0 Å². The van der Waals surface area contributed by atoms with Crippen molar-refractivity contribution in [1.82, 2.24) is 10.2 Å². The highest BCUT2D eigenvalue weighted by Crippen LogP contribution is 2.28. The Hall–Kier alpha value is -2.73. The van der Waals surface area contributed by atoms with E-state index in [2.05, 4.69) is 15.5 Å². The quantitative estimate of drug-likeness (QED) is 0.758. The van der Waals surface area contributed by atoms with Gasteiger partial charge in [0.15, 0.2) is 0 Å². The Labute approximate surface area is 144 Å². The van der Waals surface area contributed by atoms with Crippen molar-refractivity contribution in [2.45, 2.75) is 13.8 Å². The van der Waals surface area contributed by atoms with Crippen molar-refractivity contribution < 1.29 is 9.53 Å². The third-order valence-electron chi connectivity index (χ3n) is 3.34. The summed E-state index contributed by atoms with van der Waals surface area (Å²) in [7, 11) is 0. The van der Waals surface area contributed by atoms with Crippen LogP contribution in [0.3, 0.4) is 0 Å². The Balaban J connectivity index is 1.72. The number of carbonyl (C=O) groups is 1. The summed E-state index contributed by atoms with van der Waals surface area (Å²) in [6.07, 6.45) is 0. The maximum atomic E-state index is 12.2. The molecule has 1 aromatic heterocycles. The number of nitrogens with zero attached hydrogens (tertiary/aromatic N) is 2. The van der Waals surface area contributed by atoms with Crippen LogP contribution in [0, 0.1) is 6.92 Å². The largest absolute Gasteiger partial charge is 0.494 e. The number of ether oxygens (including phenoxy) is 1. The number of carbonyl (C=O) groups excluding carboxylic acids is 1. The molecular weight excluding hydrogens is 322 g/mol. The second-order valence-electron chi connectivity index (χ2n) is 5.19. The number of amides is 1. The van der Waals surface area contributed by atoms with E-state index in [0.29, 0.717) is 17.3 Å². The molecule has 0 saturated carbocycles. The van der Waals surface area contributed by atoms with E-state index in [1.165, 1.54) is 11.3 Å². The van der Waals surface area contributed by atoms with Crippen LogP contribution < -0.4 is 10.1 Å². The Morgan fingerprint density at radius 1 is 1.17 bits per heavy atom. The smallest absolute Gasteiger partial charge is 0.257 e. The van der Waals surface area contributed by atoms with Crippen LogP contribution in [0.15, 0.2) is 48.5 Å². The maximum Gasteiger partial charge on any atom is 0.257 e. The normalized spacial score (nSPS) is 10.4. The monoisotopic (exact) mass is 339 g/mol. The number of aromatic nitrogens is 2. The standard InChI is InChI=1S/C18H17N3O2S/c1-3-23-15-9-7-13(8-10-15)17-20-21-18(24-17)19-16(22)14-6-4-5-12(2)11-14/h4-11H,3H2,1-2H3,(H,19,21,22). The molecule has 122 valence electrons. The van der Waals surface area contributed by atoms with Crippen LogP contribution in [0.2, 0.25) is 0 Å². The summed E-state index contributed by atoms with van der Waals surface area (Å²) in [5.41, 5.74) is 2.58. The molecule has 1 N–H and O–H groups in total. The zero-order valence-corrected chi connectivity index (χ0v) is 14.3. The first-order chi connectivity index (χ1) is 11.7. The lowest BCUT2D eigenvalue weighted by atomic mass is 10.1. The number of hydrogen-bond donors (Lipinski definition) is 1. The van der Waals surface area contributed by atoms with Crippen molar-refractivity contribution in [1.29, 1.82) is 0 Å². The molecule has 3 rings (SSSR count). The number of aryl methyl sites for hydroxylation is 1. The average molecular weight is 339 g/mol. The van der Waals surface area contributed by atoms with E-state index >= 15 is 0 Å². The Bertz CT molecular complexity index is 843. The lowest BCUT2D eigenvalue weighted by Gasteiger charge is -2.02. The predicted octanol–water partition coefficient (Wildman–Crippen LogP) is 4.16. The van der Waals surface area contributed by atoms with Crippen molar-refractivity contribution in [3.8, 4) is 16.3 Å². The van der Waals surface area contributed by atoms with E-state index in [4.69, 9.17) is 4.74 Å². The summed E-state index contributed by atoms with van der Waals surface area (Å²) in [5.74, 6) is 0.631. The zero-order valence-electron chi connectivity index (χ0n) is 13.4. The number of anilines is 1. The SMILES string of the molecule is CCOc1ccc(-c2nnc(NC(=O)c3cccc(C)c3)s2)cc1. The maximum absolute atomic E-state index is 12.2. The van der Waals surface area contributed by atoms with E-state index in [9.17, 15) is 4.79 Å². The summed E-state index contributed by atoms with van der Waals surface area (Å²) in [5, 5.41) is 12.2. The molecule has 0 saturated heterocycles. The zero-order chi connectivity index (χ0) is 16.9. The van der Waals surface area contributed by atoms with Crippen molar-refractivity contribution in [3.05, 3.63) is 59.7 Å². The summed E-state index contributed by atoms with van der Waals surface area (Å²) in [6, 6.07) is 15.1. The molecule has 1 heterocycles. The second kappa shape index (κ2) is 7.23. The van der Waals surface area contributed by atoms with E-state index in [1.54, 1.807) is 6.07 Å². The number of hydrogen-bond acceptors (Lipinski definition) is 5. The molecule has 3 aromatic rings. The molecule has 2 aromatic carbocycles. The summed E-state index contributed by atoms with van der Waals surface area (Å²) in [4.78, 5) is 12.2. The molecular formula is C18H17N3O2S. The van der Waals surface area contributed by atoms with Gasteiger partial charge in [-0.05, 0) is 50.2 Å². The fourth-order valence-corrected chi connectivity index (χ4v) is 2.95. The lowest BCUT2D eigenvalue weighted by Crippen LogP contribution is -2.11. The number of nitrogens with one attached hydrogen (secondary N) is 1. The summed E-state index contributed by atoms with van der Waals surface area (Å²) in [6.45, 7) is 4.53. The lowest BCUT2D eigenvalue weighted by molar-refractivity contribution is 0.102. The topological polar surface area (TPSA) is 64.1 Å². The minimum atomic E-state index is -0.187. The van der Waals surface area contributed by atoms with Gasteiger partial charge in [0.1, 0.15) is 10.8 Å². The minimum Gasteiger partial charge on any atom is -0.494 e. The number of benzene rings is 2. The first kappa shape index (κ1) is 16.1. The molecule has 0 fully saturated rings. The Kier molecular flexibility index (Phi) is 4.86. The minimum absolute atomic E-state index is 0.187. The first-order valence-corrected chi connectivity index (χ1v) is 8.42. The van der Waals surface area contributed by atoms with Gasteiger partial charge in [0, 0.05) is 11.1 Å². The number of rotatable bonds is 5. The van der Waals surface area contributed by atoms with Gasteiger partial charge in [0.05, 0.1) is 6.61 Å². The Morgan fingerprint density at radius 3 is 2.67 bits per heavy atom. The molecule has 0 aliphatic carbocycles. The highest BCUT2D eigenvalue weighted by atomic mass is 32.1. The van der Waals surface area contributed by atoms with Gasteiger partial charge in [0.2, 0.25) is 5.13 Å². The molecule has 0 spiro atoms. The van der Waals surface area contributed by atoms with Gasteiger partial charge in [-0.3, -0.25) is 10.1 Å². The molecule has 5 nitrogen and oxygen atoms in total. The van der Waals surface area contributed by atoms with Crippen molar-refractivity contribution >= 4 is 22.4 Å². The molecule has 0 bridgehead atoms. The van der Waals surface area contributed by atoms with Crippen LogP contribution in [0.4, 0.5) is 5.13 Å². The van der Waals surface area contributed by atoms with E-state index in [0.717, 1.165) is 21.9 Å². The third kappa shape index (κ3) is 3.78. The van der Waals surface area contributed by atoms with Crippen molar-refractivity contribution in [2.75, 3.05) is 11.9 Å². The van der Waals surface area contributed by atoms with Crippen LogP contribution in [-0.2, 0) is 0 Å². The van der Waals surface area contributed by atoms with E-state index < -0.39 is 0 Å². The van der Waals surface area contributed by atoms with Gasteiger partial charge < -0.3 is 4.74 Å². The molecule has 0 aliphatic rings. The molecule has 6 heteroatoms. The van der Waals surface area contributed by atoms with Gasteiger partial charge >= 0.3 is 0 Å². The summed E-state index contributed by atoms with van der Waals surface area (Å²) < 4.78 is 5.42. The highest BCUT2D eigenvalue weighted by molar-refractivity contribution is 7.18. The molecule has 24 heavy (non-hydrogen) atoms. The Morgan fingerprint density at radius 2 is 1.96 bits per heavy atom. The van der Waals surface area contributed by atoms with E-state index in [-0.39, 0.29) is 5.91 Å². The van der Waals surface area contributed by atoms with Gasteiger partial charge in [0.25, 0.3) is 5.91 Å². The van der Waals surface area contributed by atoms with E-state index in [1.807, 2.05) is 56.3 Å². The fourth-order valence-electron chi connectivity index (χ4n) is 2.21. The van der Waals surface area contributed by atoms with Crippen LogP contribution in [-0.4, -0.2) is 22.7 Å². The predicted molar refractivity (Wildman–Crippen MR) is 95.6 cm³/mol. The van der Waals surface area contributed by atoms with Crippen LogP contribution >= 0.6 is 11.3 Å². The highest BCUT2D eigenvalue weighted by Gasteiger charge is 2.11. The van der Waals surface area contributed by atoms with Gasteiger partial charge in [-0.25, -0.2) is 0 Å². The van der Waals surface area contributed by atoms with Crippen molar-refractivity contribution in [3.63, 3.8) is 0 Å². The molecule has 0 aliphatic heterocycles. The first-order valence-electron chi connectivity index (χ1n) is 7.60. The average Bonchev–Trinajstić information content (AvgIpc) is 3.04. The summed E-state index contributed by atoms with van der Waals surface area (Å²) >= 11 is 1.34. The van der Waals surface area contributed by atoms with Crippen molar-refractivity contribution in [2.24, 2.45) is 0 Å². The van der Waals surface area contributed by atoms with Crippen LogP contribution in [0.5, 0.6) is 5.75 Å². The van der Waals surface area contributed by atoms with Gasteiger partial charge in [-0.2, -0.15) is 0 Å². The molecule has 0 atom stereocenters. The van der Waals surface area contributed by atoms with Crippen LogP contribution in [0.1, 0.15) is 22.8 Å².